The Morgan fingerprint density at radius 1 is 1.23 bits per heavy atom. The predicted molar refractivity (Wildman–Crippen MR) is 72.4 cm³/mol. The fourth-order valence-corrected chi connectivity index (χ4v) is 1.93. The van der Waals surface area contributed by atoms with Crippen LogP contribution < -0.4 is 15.2 Å². The molecule has 1 aromatic rings. The van der Waals surface area contributed by atoms with Gasteiger partial charge < -0.3 is 19.9 Å². The van der Waals surface area contributed by atoms with Crippen molar-refractivity contribution in [2.75, 3.05) is 14.2 Å². The maximum absolute atomic E-state index is 12.3. The minimum Gasteiger partial charge on any atom is -0.496 e. The molecule has 0 unspecified atom stereocenters. The molecule has 1 aromatic carbocycles. The summed E-state index contributed by atoms with van der Waals surface area (Å²) in [7, 11) is 2.55. The van der Waals surface area contributed by atoms with E-state index in [2.05, 4.69) is 9.47 Å². The van der Waals surface area contributed by atoms with Gasteiger partial charge in [0.2, 0.25) is 0 Å². The topological polar surface area (TPSA) is 70.8 Å². The van der Waals surface area contributed by atoms with Crippen LogP contribution in [0.3, 0.4) is 0 Å². The number of methoxy groups -OCH3 is 2. The highest BCUT2D eigenvalue weighted by molar-refractivity contribution is 5.77. The Labute approximate surface area is 126 Å². The summed E-state index contributed by atoms with van der Waals surface area (Å²) < 4.78 is 50.6. The van der Waals surface area contributed by atoms with Crippen molar-refractivity contribution >= 4 is 5.97 Å². The molecule has 2 N–H and O–H groups in total. The van der Waals surface area contributed by atoms with Crippen LogP contribution in [0, 0.1) is 5.41 Å². The predicted octanol–water partition coefficient (Wildman–Crippen LogP) is 2.79. The van der Waals surface area contributed by atoms with E-state index in [0.717, 1.165) is 12.1 Å². The van der Waals surface area contributed by atoms with Crippen molar-refractivity contribution < 1.29 is 32.2 Å². The van der Waals surface area contributed by atoms with Gasteiger partial charge in [0.15, 0.2) is 0 Å². The van der Waals surface area contributed by atoms with Crippen LogP contribution in [-0.4, -0.2) is 26.6 Å². The van der Waals surface area contributed by atoms with Gasteiger partial charge in [-0.25, -0.2) is 0 Å². The molecule has 1 rings (SSSR count). The summed E-state index contributed by atoms with van der Waals surface area (Å²) in [6.07, 6.45) is -4.83. The first-order valence-electron chi connectivity index (χ1n) is 6.30. The van der Waals surface area contributed by atoms with E-state index in [1.807, 2.05) is 0 Å². The third kappa shape index (κ3) is 4.03. The minimum absolute atomic E-state index is 0.208. The lowest BCUT2D eigenvalue weighted by Crippen LogP contribution is -2.37. The van der Waals surface area contributed by atoms with Crippen molar-refractivity contribution in [3.63, 3.8) is 0 Å². The number of benzene rings is 1. The summed E-state index contributed by atoms with van der Waals surface area (Å²) in [6.45, 7) is 3.06. The lowest BCUT2D eigenvalue weighted by atomic mass is 9.80. The average Bonchev–Trinajstić information content (AvgIpc) is 2.43. The number of esters is 1. The van der Waals surface area contributed by atoms with Gasteiger partial charge in [-0.2, -0.15) is 0 Å². The molecule has 0 radical (unpaired) electrons. The lowest BCUT2D eigenvalue weighted by Gasteiger charge is -2.30. The van der Waals surface area contributed by atoms with Gasteiger partial charge in [0.25, 0.3) is 0 Å². The van der Waals surface area contributed by atoms with Crippen molar-refractivity contribution in [2.24, 2.45) is 11.1 Å². The summed E-state index contributed by atoms with van der Waals surface area (Å²) in [5, 5.41) is 0. The number of nitrogens with two attached hydrogens (primary N) is 1. The van der Waals surface area contributed by atoms with Gasteiger partial charge in [0, 0.05) is 11.6 Å². The maximum Gasteiger partial charge on any atom is 0.573 e. The van der Waals surface area contributed by atoms with E-state index in [4.69, 9.17) is 10.5 Å². The van der Waals surface area contributed by atoms with E-state index in [9.17, 15) is 18.0 Å². The Hall–Kier alpha value is -1.96. The van der Waals surface area contributed by atoms with Crippen molar-refractivity contribution in [2.45, 2.75) is 26.3 Å². The van der Waals surface area contributed by atoms with Gasteiger partial charge in [-0.05, 0) is 32.0 Å². The molecule has 0 bridgehead atoms. The Morgan fingerprint density at radius 3 is 2.27 bits per heavy atom. The molecule has 0 saturated carbocycles. The van der Waals surface area contributed by atoms with Crippen LogP contribution in [0.1, 0.15) is 25.5 Å². The molecule has 1 atom stereocenters. The highest BCUT2D eigenvalue weighted by atomic mass is 19.4. The van der Waals surface area contributed by atoms with Crippen molar-refractivity contribution in [1.82, 2.24) is 0 Å². The summed E-state index contributed by atoms with van der Waals surface area (Å²) in [6, 6.07) is 2.55. The third-order valence-electron chi connectivity index (χ3n) is 3.26. The number of carbonyl (C=O) groups is 1. The molecule has 22 heavy (non-hydrogen) atoms. The Bertz CT molecular complexity index is 543. The van der Waals surface area contributed by atoms with Gasteiger partial charge in [-0.3, -0.25) is 4.79 Å². The first kappa shape index (κ1) is 18.1. The molecular formula is C14H18F3NO4. The number of hydrogen-bond acceptors (Lipinski definition) is 5. The number of alkyl halides is 3. The first-order valence-corrected chi connectivity index (χ1v) is 6.30. The third-order valence-corrected chi connectivity index (χ3v) is 3.26. The quantitative estimate of drug-likeness (QED) is 0.845. The zero-order valence-electron chi connectivity index (χ0n) is 12.7. The van der Waals surface area contributed by atoms with Gasteiger partial charge >= 0.3 is 12.3 Å². The standard InChI is InChI=1S/C14H18F3NO4/c1-13(2,12(19)21-4)11(18)9-7-8(22-14(15,16)17)5-6-10(9)20-3/h5-7,11H,18H2,1-4H3/t11-/m0/s1. The Balaban J connectivity index is 3.26. The summed E-state index contributed by atoms with van der Waals surface area (Å²) in [5.41, 5.74) is 5.08. The number of carbonyl (C=O) groups excluding carboxylic acids is 1. The summed E-state index contributed by atoms with van der Waals surface area (Å²) in [5.74, 6) is -0.789. The van der Waals surface area contributed by atoms with Crippen LogP contribution in [-0.2, 0) is 9.53 Å². The molecular weight excluding hydrogens is 303 g/mol. The number of ether oxygens (including phenoxy) is 3. The zero-order valence-corrected chi connectivity index (χ0v) is 12.7. The molecule has 0 amide bonds. The molecule has 0 spiro atoms. The monoisotopic (exact) mass is 321 g/mol. The van der Waals surface area contributed by atoms with Gasteiger partial charge in [-0.15, -0.1) is 13.2 Å². The van der Waals surface area contributed by atoms with Crippen LogP contribution in [0.15, 0.2) is 18.2 Å². The molecule has 0 aliphatic heterocycles. The smallest absolute Gasteiger partial charge is 0.496 e. The minimum atomic E-state index is -4.83. The van der Waals surface area contributed by atoms with Crippen molar-refractivity contribution in [1.29, 1.82) is 0 Å². The number of halogens is 3. The molecule has 0 heterocycles. The van der Waals surface area contributed by atoms with Gasteiger partial charge in [-0.1, -0.05) is 0 Å². The van der Waals surface area contributed by atoms with Crippen molar-refractivity contribution in [3.05, 3.63) is 23.8 Å². The van der Waals surface area contributed by atoms with Gasteiger partial charge in [0.05, 0.1) is 19.6 Å². The van der Waals surface area contributed by atoms with E-state index < -0.39 is 29.5 Å². The second-order valence-corrected chi connectivity index (χ2v) is 5.14. The highest BCUT2D eigenvalue weighted by Gasteiger charge is 2.39. The van der Waals surface area contributed by atoms with Crippen LogP contribution >= 0.6 is 0 Å². The molecule has 8 heteroatoms. The van der Waals surface area contributed by atoms with Crippen molar-refractivity contribution in [3.8, 4) is 11.5 Å². The molecule has 0 aliphatic rings. The molecule has 0 aliphatic carbocycles. The number of hydrogen-bond donors (Lipinski definition) is 1. The molecule has 124 valence electrons. The highest BCUT2D eigenvalue weighted by Crippen LogP contribution is 2.39. The van der Waals surface area contributed by atoms with E-state index in [0.29, 0.717) is 0 Å². The first-order chi connectivity index (χ1) is 10.0. The lowest BCUT2D eigenvalue weighted by molar-refractivity contribution is -0.274. The second-order valence-electron chi connectivity index (χ2n) is 5.14. The molecule has 0 aromatic heterocycles. The number of rotatable bonds is 5. The second kappa shape index (κ2) is 6.43. The van der Waals surface area contributed by atoms with E-state index >= 15 is 0 Å². The van der Waals surface area contributed by atoms with Crippen LogP contribution in [0.4, 0.5) is 13.2 Å². The van der Waals surface area contributed by atoms with Crippen LogP contribution in [0.5, 0.6) is 11.5 Å². The Morgan fingerprint density at radius 2 is 1.82 bits per heavy atom. The normalized spacial score (nSPS) is 13.5. The Kier molecular flexibility index (Phi) is 5.29. The van der Waals surface area contributed by atoms with Crippen LogP contribution in [0.25, 0.3) is 0 Å². The fourth-order valence-electron chi connectivity index (χ4n) is 1.93. The summed E-state index contributed by atoms with van der Waals surface area (Å²) in [4.78, 5) is 11.8. The van der Waals surface area contributed by atoms with E-state index in [-0.39, 0.29) is 11.3 Å². The van der Waals surface area contributed by atoms with E-state index in [1.165, 1.54) is 34.1 Å². The van der Waals surface area contributed by atoms with Crippen LogP contribution in [0.2, 0.25) is 0 Å². The fraction of sp³-hybridized carbons (Fsp3) is 0.500. The van der Waals surface area contributed by atoms with E-state index in [1.54, 1.807) is 0 Å². The molecule has 0 fully saturated rings. The average molecular weight is 321 g/mol. The molecule has 0 saturated heterocycles. The largest absolute Gasteiger partial charge is 0.573 e. The maximum atomic E-state index is 12.3. The van der Waals surface area contributed by atoms with Gasteiger partial charge in [0.1, 0.15) is 11.5 Å². The molecule has 5 nitrogen and oxygen atoms in total. The summed E-state index contributed by atoms with van der Waals surface area (Å²) >= 11 is 0. The SMILES string of the molecule is COC(=O)C(C)(C)[C@@H](N)c1cc(OC(F)(F)F)ccc1OC. The zero-order chi connectivity index (χ0) is 17.1.